The highest BCUT2D eigenvalue weighted by Crippen LogP contribution is 2.48. The standard InChI is InChI=1S/C33H27FN6/c1-20-17-18-21(2)27(19-20)36-31-33-37-32-29(22(3)38-40(32)23-11-5-4-6-12-23)30(24-13-7-8-14-25(24)34)39(33)28-16-10-9-15-26(28)35-31/h4-19,30H,1-3H3,(H,35,36). The van der Waals surface area contributed by atoms with Gasteiger partial charge in [-0.2, -0.15) is 5.10 Å². The van der Waals surface area contributed by atoms with Crippen LogP contribution in [0.15, 0.2) is 107 Å². The minimum Gasteiger partial charge on any atom is -0.337 e. The van der Waals surface area contributed by atoms with Gasteiger partial charge in [-0.25, -0.2) is 19.1 Å². The second-order valence-corrected chi connectivity index (χ2v) is 10.2. The van der Waals surface area contributed by atoms with Gasteiger partial charge in [-0.3, -0.25) is 0 Å². The molecule has 2 aliphatic heterocycles. The van der Waals surface area contributed by atoms with E-state index >= 15 is 4.39 Å². The normalized spacial score (nSPS) is 15.5. The summed E-state index contributed by atoms with van der Waals surface area (Å²) in [6.07, 6.45) is 0. The van der Waals surface area contributed by atoms with Crippen molar-refractivity contribution in [1.29, 1.82) is 0 Å². The molecule has 40 heavy (non-hydrogen) atoms. The summed E-state index contributed by atoms with van der Waals surface area (Å²) >= 11 is 0. The molecule has 0 fully saturated rings. The third kappa shape index (κ3) is 3.81. The average Bonchev–Trinajstić information content (AvgIpc) is 3.31. The lowest BCUT2D eigenvalue weighted by molar-refractivity contribution is 0.597. The summed E-state index contributed by atoms with van der Waals surface area (Å²) in [5.41, 5.74) is 7.90. The van der Waals surface area contributed by atoms with E-state index in [4.69, 9.17) is 15.1 Å². The zero-order chi connectivity index (χ0) is 27.4. The van der Waals surface area contributed by atoms with Crippen LogP contribution in [0, 0.1) is 26.6 Å². The van der Waals surface area contributed by atoms with Crippen LogP contribution in [0.2, 0.25) is 0 Å². The maximum absolute atomic E-state index is 15.7. The minimum absolute atomic E-state index is 0.282. The first-order valence-electron chi connectivity index (χ1n) is 13.3. The van der Waals surface area contributed by atoms with Gasteiger partial charge in [-0.1, -0.05) is 60.7 Å². The Kier molecular flexibility index (Phi) is 5.59. The number of halogens is 1. The number of nitrogens with zero attached hydrogens (tertiary/aromatic N) is 5. The lowest BCUT2D eigenvalue weighted by Crippen LogP contribution is -2.46. The van der Waals surface area contributed by atoms with Gasteiger partial charge in [0.25, 0.3) is 0 Å². The number of rotatable bonds is 3. The number of hydrogen-bond donors (Lipinski definition) is 1. The van der Waals surface area contributed by atoms with Crippen molar-refractivity contribution in [3.63, 3.8) is 0 Å². The first-order valence-corrected chi connectivity index (χ1v) is 13.3. The van der Waals surface area contributed by atoms with Gasteiger partial charge in [0.2, 0.25) is 0 Å². The van der Waals surface area contributed by atoms with Gasteiger partial charge in [0.1, 0.15) is 5.82 Å². The zero-order valence-corrected chi connectivity index (χ0v) is 22.4. The second-order valence-electron chi connectivity index (χ2n) is 10.2. The molecule has 6 nitrogen and oxygen atoms in total. The molecular weight excluding hydrogens is 499 g/mol. The summed E-state index contributed by atoms with van der Waals surface area (Å²) in [4.78, 5) is 12.4. The third-order valence-corrected chi connectivity index (χ3v) is 7.48. The predicted octanol–water partition coefficient (Wildman–Crippen LogP) is 7.73. The maximum atomic E-state index is 15.7. The van der Waals surface area contributed by atoms with Crippen molar-refractivity contribution in [3.05, 3.63) is 131 Å². The number of hydrogen-bond acceptors (Lipinski definition) is 5. The predicted molar refractivity (Wildman–Crippen MR) is 159 cm³/mol. The average molecular weight is 527 g/mol. The molecule has 0 bridgehead atoms. The Balaban J connectivity index is 1.52. The number of aromatic nitrogens is 2. The van der Waals surface area contributed by atoms with E-state index in [0.29, 0.717) is 23.1 Å². The van der Waals surface area contributed by atoms with Gasteiger partial charge < -0.3 is 10.2 Å². The molecule has 0 saturated carbocycles. The zero-order valence-electron chi connectivity index (χ0n) is 22.4. The number of nitrogens with one attached hydrogen (secondary N) is 1. The lowest BCUT2D eigenvalue weighted by Gasteiger charge is -2.40. The SMILES string of the molecule is Cc1ccc(C)c(NC2=Nc3ccccc3N3C2=Nc2c(c(C)nn2-c2ccccc2)C3c2ccccc2F)c1. The van der Waals surface area contributed by atoms with Gasteiger partial charge in [0.05, 0.1) is 28.8 Å². The summed E-state index contributed by atoms with van der Waals surface area (Å²) in [5, 5.41) is 8.48. The largest absolute Gasteiger partial charge is 0.337 e. The summed E-state index contributed by atoms with van der Waals surface area (Å²) in [7, 11) is 0. The fourth-order valence-corrected chi connectivity index (χ4v) is 5.54. The number of aryl methyl sites for hydroxylation is 3. The van der Waals surface area contributed by atoms with E-state index in [2.05, 4.69) is 42.3 Å². The van der Waals surface area contributed by atoms with Crippen molar-refractivity contribution < 1.29 is 4.39 Å². The van der Waals surface area contributed by atoms with Gasteiger partial charge in [0.15, 0.2) is 17.5 Å². The lowest BCUT2D eigenvalue weighted by atomic mass is 9.93. The second kappa shape index (κ2) is 9.31. The van der Waals surface area contributed by atoms with E-state index < -0.39 is 6.04 Å². The summed E-state index contributed by atoms with van der Waals surface area (Å²) < 4.78 is 17.5. The number of fused-ring (bicyclic) bond motifs is 4. The Morgan fingerprint density at radius 1 is 0.800 bits per heavy atom. The van der Waals surface area contributed by atoms with E-state index in [1.807, 2.05) is 78.3 Å². The van der Waals surface area contributed by atoms with Crippen molar-refractivity contribution in [2.24, 2.45) is 9.98 Å². The molecule has 0 amide bonds. The van der Waals surface area contributed by atoms with E-state index in [9.17, 15) is 0 Å². The van der Waals surface area contributed by atoms with Crippen LogP contribution in [0.5, 0.6) is 0 Å². The molecule has 3 heterocycles. The van der Waals surface area contributed by atoms with Crippen LogP contribution >= 0.6 is 0 Å². The minimum atomic E-state index is -0.506. The Hall–Kier alpha value is -5.04. The molecule has 7 heteroatoms. The van der Waals surface area contributed by atoms with Crippen LogP contribution in [-0.4, -0.2) is 21.5 Å². The third-order valence-electron chi connectivity index (χ3n) is 7.48. The summed E-state index contributed by atoms with van der Waals surface area (Å²) in [6, 6.07) is 30.6. The topological polar surface area (TPSA) is 57.8 Å². The molecule has 0 saturated heterocycles. The Morgan fingerprint density at radius 3 is 2.38 bits per heavy atom. The molecule has 1 unspecified atom stereocenters. The van der Waals surface area contributed by atoms with Crippen molar-refractivity contribution in [1.82, 2.24) is 9.78 Å². The summed E-state index contributed by atoms with van der Waals surface area (Å²) in [5.74, 6) is 1.59. The molecule has 1 aromatic heterocycles. The Labute approximate surface area is 232 Å². The fourth-order valence-electron chi connectivity index (χ4n) is 5.54. The maximum Gasteiger partial charge on any atom is 0.179 e. The van der Waals surface area contributed by atoms with E-state index in [0.717, 1.165) is 45.1 Å². The first kappa shape index (κ1) is 24.0. The van der Waals surface area contributed by atoms with Crippen molar-refractivity contribution in [3.8, 4) is 5.69 Å². The van der Waals surface area contributed by atoms with Crippen molar-refractivity contribution >= 4 is 34.6 Å². The number of aliphatic imine (C=N–C) groups is 2. The van der Waals surface area contributed by atoms with Crippen LogP contribution in [0.3, 0.4) is 0 Å². The van der Waals surface area contributed by atoms with Crippen LogP contribution in [-0.2, 0) is 0 Å². The highest BCUT2D eigenvalue weighted by molar-refractivity contribution is 6.51. The first-order chi connectivity index (χ1) is 19.5. The number of para-hydroxylation sites is 3. The number of anilines is 2. The molecule has 7 rings (SSSR count). The molecule has 4 aromatic carbocycles. The number of amidine groups is 2. The smallest absolute Gasteiger partial charge is 0.179 e. The molecule has 0 aliphatic carbocycles. The van der Waals surface area contributed by atoms with Crippen LogP contribution in [0.1, 0.15) is 34.0 Å². The number of benzene rings is 4. The van der Waals surface area contributed by atoms with E-state index in [-0.39, 0.29) is 5.82 Å². The molecule has 0 spiro atoms. The Morgan fingerprint density at radius 2 is 1.55 bits per heavy atom. The van der Waals surface area contributed by atoms with Gasteiger partial charge in [-0.15, -0.1) is 0 Å². The van der Waals surface area contributed by atoms with E-state index in [1.165, 1.54) is 6.07 Å². The van der Waals surface area contributed by atoms with Gasteiger partial charge in [-0.05, 0) is 68.3 Å². The Bertz CT molecular complexity index is 1840. The summed E-state index contributed by atoms with van der Waals surface area (Å²) in [6.45, 7) is 6.09. The van der Waals surface area contributed by atoms with Crippen molar-refractivity contribution in [2.75, 3.05) is 10.2 Å². The molecule has 1 atom stereocenters. The highest BCUT2D eigenvalue weighted by atomic mass is 19.1. The molecule has 1 N–H and O–H groups in total. The van der Waals surface area contributed by atoms with Crippen LogP contribution in [0.25, 0.3) is 5.69 Å². The quantitative estimate of drug-likeness (QED) is 0.262. The molecule has 5 aromatic rings. The molecule has 196 valence electrons. The molecule has 0 radical (unpaired) electrons. The highest BCUT2D eigenvalue weighted by Gasteiger charge is 2.42. The van der Waals surface area contributed by atoms with Crippen molar-refractivity contribution in [2.45, 2.75) is 26.8 Å². The molecule has 2 aliphatic rings. The van der Waals surface area contributed by atoms with Gasteiger partial charge in [0, 0.05) is 16.8 Å². The van der Waals surface area contributed by atoms with Crippen LogP contribution < -0.4 is 10.2 Å². The van der Waals surface area contributed by atoms with E-state index in [1.54, 1.807) is 6.07 Å². The fraction of sp³-hybridized carbons (Fsp3) is 0.121. The van der Waals surface area contributed by atoms with Gasteiger partial charge >= 0.3 is 0 Å². The van der Waals surface area contributed by atoms with Crippen LogP contribution in [0.4, 0.5) is 27.3 Å². The monoisotopic (exact) mass is 526 g/mol. The molecular formula is C33H27FN6.